The number of hydrogen-bond donors (Lipinski definition) is 4. The molecule has 3 rings (SSSR count). The Hall–Kier alpha value is -3.98. The van der Waals surface area contributed by atoms with Gasteiger partial charge in [-0.1, -0.05) is 37.6 Å². The number of nitrogens with zero attached hydrogens (tertiary/aromatic N) is 2. The number of carboxylic acids is 1. The van der Waals surface area contributed by atoms with Crippen LogP contribution in [0.25, 0.3) is 0 Å². The lowest BCUT2D eigenvalue weighted by molar-refractivity contribution is -0.118. The van der Waals surface area contributed by atoms with Gasteiger partial charge in [-0.25, -0.2) is 14.8 Å². The van der Waals surface area contributed by atoms with E-state index in [4.69, 9.17) is 9.84 Å². The van der Waals surface area contributed by atoms with Crippen LogP contribution in [0.3, 0.4) is 0 Å². The van der Waals surface area contributed by atoms with E-state index < -0.39 is 5.97 Å². The molecule has 0 fully saturated rings. The molecule has 0 saturated heterocycles. The van der Waals surface area contributed by atoms with E-state index in [1.165, 1.54) is 6.33 Å². The van der Waals surface area contributed by atoms with Crippen molar-refractivity contribution in [2.24, 2.45) is 0 Å². The van der Waals surface area contributed by atoms with E-state index in [-0.39, 0.29) is 17.5 Å². The highest BCUT2D eigenvalue weighted by atomic mass is 16.5. The maximum Gasteiger partial charge on any atom is 0.335 e. The Morgan fingerprint density at radius 2 is 1.62 bits per heavy atom. The predicted octanol–water partition coefficient (Wildman–Crippen LogP) is 3.69. The first kappa shape index (κ1) is 24.7. The van der Waals surface area contributed by atoms with Crippen molar-refractivity contribution < 1.29 is 19.4 Å². The summed E-state index contributed by atoms with van der Waals surface area (Å²) in [5, 5.41) is 18.3. The van der Waals surface area contributed by atoms with E-state index in [0.29, 0.717) is 31.1 Å². The minimum atomic E-state index is -0.962. The number of methoxy groups -OCH3 is 1. The fraction of sp³-hybridized carbons (Fsp3) is 0.280. The number of aromatic carboxylic acids is 1. The number of carbonyl (C=O) groups excluding carboxylic acids is 1. The first-order valence-electron chi connectivity index (χ1n) is 11.0. The van der Waals surface area contributed by atoms with E-state index in [1.807, 2.05) is 31.2 Å². The molecule has 178 valence electrons. The van der Waals surface area contributed by atoms with Crippen molar-refractivity contribution in [3.05, 3.63) is 77.6 Å². The predicted molar refractivity (Wildman–Crippen MR) is 130 cm³/mol. The van der Waals surface area contributed by atoms with Gasteiger partial charge in [-0.3, -0.25) is 4.79 Å². The number of aromatic nitrogens is 2. The van der Waals surface area contributed by atoms with Crippen LogP contribution < -0.4 is 20.7 Å². The molecule has 9 heteroatoms. The Kier molecular flexibility index (Phi) is 8.93. The quantitative estimate of drug-likeness (QED) is 0.320. The van der Waals surface area contributed by atoms with E-state index in [1.54, 1.807) is 37.4 Å². The lowest BCUT2D eigenvalue weighted by Crippen LogP contribution is -2.40. The number of rotatable bonds is 12. The molecule has 1 heterocycles. The highest BCUT2D eigenvalue weighted by molar-refractivity contribution is 5.94. The normalized spacial score (nSPS) is 11.5. The summed E-state index contributed by atoms with van der Waals surface area (Å²) in [5.74, 6) is 0.610. The van der Waals surface area contributed by atoms with Gasteiger partial charge in [-0.2, -0.15) is 0 Å². The van der Waals surface area contributed by atoms with Crippen LogP contribution >= 0.6 is 0 Å². The van der Waals surface area contributed by atoms with Gasteiger partial charge >= 0.3 is 5.97 Å². The molecule has 3 aromatic rings. The molecule has 9 nitrogen and oxygen atoms in total. The number of carboxylic acid groups (broad SMARTS) is 1. The first-order valence-corrected chi connectivity index (χ1v) is 11.0. The monoisotopic (exact) mass is 463 g/mol. The minimum Gasteiger partial charge on any atom is -0.497 e. The zero-order chi connectivity index (χ0) is 24.3. The van der Waals surface area contributed by atoms with Crippen molar-refractivity contribution in [1.29, 1.82) is 0 Å². The molecule has 0 bridgehead atoms. The summed E-state index contributed by atoms with van der Waals surface area (Å²) < 4.78 is 5.18. The van der Waals surface area contributed by atoms with Gasteiger partial charge in [0.25, 0.3) is 0 Å². The molecule has 1 unspecified atom stereocenters. The van der Waals surface area contributed by atoms with E-state index >= 15 is 0 Å². The van der Waals surface area contributed by atoms with Gasteiger partial charge in [-0.05, 0) is 41.8 Å². The van der Waals surface area contributed by atoms with Crippen LogP contribution in [0.1, 0.15) is 41.3 Å². The SMILES string of the molecule is CCCC(NCc1ccc(OC)cc1)C(=O)Nc1cc(NCc2ccc(C(=O)O)cc2)ncn1. The fourth-order valence-electron chi connectivity index (χ4n) is 3.29. The first-order chi connectivity index (χ1) is 16.5. The lowest BCUT2D eigenvalue weighted by Gasteiger charge is -2.18. The smallest absolute Gasteiger partial charge is 0.335 e. The number of benzene rings is 2. The number of amides is 1. The van der Waals surface area contributed by atoms with Gasteiger partial charge in [0.05, 0.1) is 18.7 Å². The molecule has 0 aliphatic heterocycles. The van der Waals surface area contributed by atoms with Crippen LogP contribution in [-0.2, 0) is 17.9 Å². The molecule has 2 aromatic carbocycles. The molecule has 0 saturated carbocycles. The van der Waals surface area contributed by atoms with Crippen molar-refractivity contribution >= 4 is 23.5 Å². The van der Waals surface area contributed by atoms with Crippen LogP contribution in [0.5, 0.6) is 5.75 Å². The average Bonchev–Trinajstić information content (AvgIpc) is 2.86. The van der Waals surface area contributed by atoms with E-state index in [9.17, 15) is 9.59 Å². The Balaban J connectivity index is 1.56. The highest BCUT2D eigenvalue weighted by Crippen LogP contribution is 2.14. The number of hydrogen-bond acceptors (Lipinski definition) is 7. The zero-order valence-electron chi connectivity index (χ0n) is 19.2. The Labute approximate surface area is 198 Å². The molecule has 0 spiro atoms. The Bertz CT molecular complexity index is 1090. The maximum absolute atomic E-state index is 12.9. The summed E-state index contributed by atoms with van der Waals surface area (Å²) in [6, 6.07) is 15.6. The van der Waals surface area contributed by atoms with Crippen LogP contribution in [-0.4, -0.2) is 40.1 Å². The van der Waals surface area contributed by atoms with Crippen LogP contribution in [0.2, 0.25) is 0 Å². The number of carbonyl (C=O) groups is 2. The number of anilines is 2. The minimum absolute atomic E-state index is 0.163. The molecule has 1 atom stereocenters. The van der Waals surface area contributed by atoms with Crippen molar-refractivity contribution in [3.63, 3.8) is 0 Å². The number of nitrogens with one attached hydrogen (secondary N) is 3. The van der Waals surface area contributed by atoms with Gasteiger partial charge in [-0.15, -0.1) is 0 Å². The van der Waals surface area contributed by atoms with Crippen molar-refractivity contribution in [2.75, 3.05) is 17.7 Å². The second-order valence-electron chi connectivity index (χ2n) is 7.70. The number of ether oxygens (including phenoxy) is 1. The van der Waals surface area contributed by atoms with Gasteiger partial charge in [0, 0.05) is 19.2 Å². The summed E-state index contributed by atoms with van der Waals surface area (Å²) >= 11 is 0. The van der Waals surface area contributed by atoms with Gasteiger partial charge < -0.3 is 25.8 Å². The molecule has 1 aromatic heterocycles. The topological polar surface area (TPSA) is 125 Å². The highest BCUT2D eigenvalue weighted by Gasteiger charge is 2.18. The second-order valence-corrected chi connectivity index (χ2v) is 7.70. The van der Waals surface area contributed by atoms with E-state index in [2.05, 4.69) is 25.9 Å². The third kappa shape index (κ3) is 7.28. The van der Waals surface area contributed by atoms with Crippen molar-refractivity contribution in [1.82, 2.24) is 15.3 Å². The van der Waals surface area contributed by atoms with Gasteiger partial charge in [0.1, 0.15) is 23.7 Å². The van der Waals surface area contributed by atoms with Crippen LogP contribution in [0, 0.1) is 0 Å². The van der Waals surface area contributed by atoms with Crippen molar-refractivity contribution in [3.8, 4) is 5.75 Å². The average molecular weight is 464 g/mol. The second kappa shape index (κ2) is 12.3. The molecule has 1 amide bonds. The standard InChI is InChI=1S/C25H29N5O4/c1-3-4-21(26-14-18-7-11-20(34-2)12-8-18)24(31)30-23-13-22(28-16-29-23)27-15-17-5-9-19(10-6-17)25(32)33/h5-13,16,21,26H,3-4,14-15H2,1-2H3,(H,32,33)(H2,27,28,29,30,31). The molecule has 0 radical (unpaired) electrons. The summed E-state index contributed by atoms with van der Waals surface area (Å²) in [6.45, 7) is 3.04. The Morgan fingerprint density at radius 1 is 0.971 bits per heavy atom. The zero-order valence-corrected chi connectivity index (χ0v) is 19.2. The molecule has 0 aliphatic carbocycles. The summed E-state index contributed by atoms with van der Waals surface area (Å²) in [7, 11) is 1.63. The molecule has 4 N–H and O–H groups in total. The van der Waals surface area contributed by atoms with Crippen LogP contribution in [0.15, 0.2) is 60.9 Å². The largest absolute Gasteiger partial charge is 0.497 e. The summed E-state index contributed by atoms with van der Waals surface area (Å²) in [4.78, 5) is 32.2. The molecular formula is C25H29N5O4. The lowest BCUT2D eigenvalue weighted by atomic mass is 10.1. The van der Waals surface area contributed by atoms with Crippen LogP contribution in [0.4, 0.5) is 11.6 Å². The maximum atomic E-state index is 12.9. The van der Waals surface area contributed by atoms with Gasteiger partial charge in [0.15, 0.2) is 0 Å². The fourth-order valence-corrected chi connectivity index (χ4v) is 3.29. The van der Waals surface area contributed by atoms with Gasteiger partial charge in [0.2, 0.25) is 5.91 Å². The molecule has 0 aliphatic rings. The summed E-state index contributed by atoms with van der Waals surface area (Å²) in [5.41, 5.74) is 2.19. The Morgan fingerprint density at radius 3 is 2.26 bits per heavy atom. The van der Waals surface area contributed by atoms with E-state index in [0.717, 1.165) is 23.3 Å². The third-order valence-electron chi connectivity index (χ3n) is 5.20. The third-order valence-corrected chi connectivity index (χ3v) is 5.20. The molecule has 34 heavy (non-hydrogen) atoms. The summed E-state index contributed by atoms with van der Waals surface area (Å²) in [6.07, 6.45) is 2.92. The van der Waals surface area contributed by atoms with Crippen molar-refractivity contribution in [2.45, 2.75) is 38.9 Å². The molecular weight excluding hydrogens is 434 g/mol.